The van der Waals surface area contributed by atoms with Crippen LogP contribution in [0.15, 0.2) is 53.1 Å². The first kappa shape index (κ1) is 31.1. The van der Waals surface area contributed by atoms with Crippen molar-refractivity contribution in [3.05, 3.63) is 64.5 Å². The number of amides is 1. The zero-order valence-corrected chi connectivity index (χ0v) is 25.7. The van der Waals surface area contributed by atoms with Gasteiger partial charge in [-0.3, -0.25) is 9.59 Å². The van der Waals surface area contributed by atoms with Gasteiger partial charge >= 0.3 is 6.36 Å². The molecule has 0 radical (unpaired) electrons. The van der Waals surface area contributed by atoms with E-state index in [0.717, 1.165) is 35.5 Å². The summed E-state index contributed by atoms with van der Waals surface area (Å²) < 4.78 is 71.1. The van der Waals surface area contributed by atoms with Gasteiger partial charge in [0.25, 0.3) is 0 Å². The van der Waals surface area contributed by atoms with E-state index in [4.69, 9.17) is 0 Å². The number of aromatic nitrogens is 3. The second-order valence-corrected chi connectivity index (χ2v) is 14.0. The summed E-state index contributed by atoms with van der Waals surface area (Å²) in [5.74, 6) is 0.00674. The molecule has 16 heteroatoms. The maximum absolute atomic E-state index is 13.9. The standard InChI is InChI=1S/C29H29F3N6O5S2/c1-17(39)19-6-10-22(11-7-19)45(41,42)38-13-12-37(28-36-26-24(44-28)15-33-25(35-26)20-4-5-20)16-23(38)27(40)34-14-18-2-8-21(9-3-18)43-29(30,31)32/h2-3,6,8-10,15,20,23H,4-5,7,11-14,16H2,1H3,(H,34,40)/t23-/m1/s1. The molecule has 1 saturated carbocycles. The Morgan fingerprint density at radius 2 is 1.84 bits per heavy atom. The van der Waals surface area contributed by atoms with Crippen LogP contribution in [0.1, 0.15) is 49.9 Å². The Kier molecular flexibility index (Phi) is 8.39. The van der Waals surface area contributed by atoms with Crippen LogP contribution < -0.4 is 15.0 Å². The van der Waals surface area contributed by atoms with Crippen LogP contribution in [0.5, 0.6) is 5.75 Å². The molecular weight excluding hydrogens is 633 g/mol. The van der Waals surface area contributed by atoms with Gasteiger partial charge in [-0.2, -0.15) is 9.29 Å². The minimum absolute atomic E-state index is 0.000550. The molecule has 0 spiro atoms. The van der Waals surface area contributed by atoms with Gasteiger partial charge in [0, 0.05) is 32.1 Å². The lowest BCUT2D eigenvalue weighted by molar-refractivity contribution is -0.274. The maximum Gasteiger partial charge on any atom is 0.573 e. The van der Waals surface area contributed by atoms with Gasteiger partial charge in [-0.05, 0) is 62.0 Å². The molecule has 1 amide bonds. The lowest BCUT2D eigenvalue weighted by Crippen LogP contribution is -2.60. The summed E-state index contributed by atoms with van der Waals surface area (Å²) in [6.07, 6.45) is 2.34. The number of hydrogen-bond donors (Lipinski definition) is 1. The number of carbonyl (C=O) groups is 2. The van der Waals surface area contributed by atoms with Crippen LogP contribution >= 0.6 is 11.3 Å². The van der Waals surface area contributed by atoms with Crippen molar-refractivity contribution in [2.45, 2.75) is 57.5 Å². The molecule has 3 aliphatic rings. The third-order valence-electron chi connectivity index (χ3n) is 7.83. The SMILES string of the molecule is CC(=O)C1=CC=C(S(=O)(=O)N2CCN(c3nc4nc(C5CC5)ncc4s3)C[C@@H]2C(=O)NCc2ccc(OC(F)(F)F)cc2)CC1. The van der Waals surface area contributed by atoms with Gasteiger partial charge in [0.2, 0.25) is 15.9 Å². The number of anilines is 1. The number of hydrogen-bond acceptors (Lipinski definition) is 10. The summed E-state index contributed by atoms with van der Waals surface area (Å²) >= 11 is 1.36. The molecule has 1 aromatic carbocycles. The van der Waals surface area contributed by atoms with E-state index in [1.54, 1.807) is 6.20 Å². The average molecular weight is 663 g/mol. The van der Waals surface area contributed by atoms with E-state index in [9.17, 15) is 31.2 Å². The highest BCUT2D eigenvalue weighted by atomic mass is 32.2. The van der Waals surface area contributed by atoms with Gasteiger partial charge in [0.15, 0.2) is 16.6 Å². The van der Waals surface area contributed by atoms with Gasteiger partial charge in [0.1, 0.15) is 17.6 Å². The number of ketones is 1. The Hall–Kier alpha value is -3.89. The number of benzene rings is 1. The van der Waals surface area contributed by atoms with Gasteiger partial charge in [-0.1, -0.05) is 29.5 Å². The second kappa shape index (κ2) is 12.1. The smallest absolute Gasteiger partial charge is 0.406 e. The molecule has 6 rings (SSSR count). The molecule has 1 N–H and O–H groups in total. The number of allylic oxidation sites excluding steroid dienone is 4. The first-order valence-electron chi connectivity index (χ1n) is 14.3. The zero-order chi connectivity index (χ0) is 31.9. The number of alkyl halides is 3. The Labute approximate surface area is 260 Å². The Morgan fingerprint density at radius 3 is 2.49 bits per heavy atom. The van der Waals surface area contributed by atoms with Gasteiger partial charge in [-0.15, -0.1) is 13.2 Å². The van der Waals surface area contributed by atoms with Crippen molar-refractivity contribution in [3.8, 4) is 5.75 Å². The average Bonchev–Trinajstić information content (AvgIpc) is 3.77. The molecule has 2 aliphatic carbocycles. The molecule has 0 unspecified atom stereocenters. The fourth-order valence-electron chi connectivity index (χ4n) is 5.25. The quantitative estimate of drug-likeness (QED) is 0.358. The molecular formula is C29H29F3N6O5S2. The van der Waals surface area contributed by atoms with Crippen LogP contribution in [0.25, 0.3) is 10.3 Å². The van der Waals surface area contributed by atoms with Crippen molar-refractivity contribution in [2.75, 3.05) is 24.5 Å². The fraction of sp³-hybridized carbons (Fsp3) is 0.414. The van der Waals surface area contributed by atoms with E-state index in [1.165, 1.54) is 46.9 Å². The Balaban J connectivity index is 1.23. The van der Waals surface area contributed by atoms with Crippen LogP contribution in [0.2, 0.25) is 0 Å². The van der Waals surface area contributed by atoms with Crippen molar-refractivity contribution in [1.82, 2.24) is 24.6 Å². The van der Waals surface area contributed by atoms with E-state index >= 15 is 0 Å². The predicted molar refractivity (Wildman–Crippen MR) is 160 cm³/mol. The number of nitrogens with zero attached hydrogens (tertiary/aromatic N) is 5. The molecule has 1 atom stereocenters. The van der Waals surface area contributed by atoms with Crippen LogP contribution in [0.4, 0.5) is 18.3 Å². The number of nitrogens with one attached hydrogen (secondary N) is 1. The van der Waals surface area contributed by atoms with Crippen molar-refractivity contribution in [3.63, 3.8) is 0 Å². The summed E-state index contributed by atoms with van der Waals surface area (Å²) in [4.78, 5) is 41.1. The molecule has 1 aliphatic heterocycles. The number of ether oxygens (including phenoxy) is 1. The molecule has 238 valence electrons. The summed E-state index contributed by atoms with van der Waals surface area (Å²) in [5.41, 5.74) is 1.58. The monoisotopic (exact) mass is 662 g/mol. The Bertz CT molecular complexity index is 1800. The summed E-state index contributed by atoms with van der Waals surface area (Å²) in [5, 5.41) is 3.33. The molecule has 11 nitrogen and oxygen atoms in total. The van der Waals surface area contributed by atoms with E-state index in [-0.39, 0.29) is 49.7 Å². The first-order chi connectivity index (χ1) is 21.4. The van der Waals surface area contributed by atoms with Crippen LogP contribution in [0, 0.1) is 0 Å². The highest BCUT2D eigenvalue weighted by Crippen LogP contribution is 2.39. The van der Waals surface area contributed by atoms with Crippen molar-refractivity contribution in [1.29, 1.82) is 0 Å². The molecule has 3 heterocycles. The second-order valence-electron chi connectivity index (χ2n) is 11.1. The normalized spacial score (nSPS) is 19.6. The van der Waals surface area contributed by atoms with Crippen molar-refractivity contribution < 1.29 is 35.9 Å². The predicted octanol–water partition coefficient (Wildman–Crippen LogP) is 4.19. The van der Waals surface area contributed by atoms with Crippen molar-refractivity contribution >= 4 is 48.5 Å². The summed E-state index contributed by atoms with van der Waals surface area (Å²) in [6.45, 7) is 1.65. The fourth-order valence-corrected chi connectivity index (χ4v) is 7.88. The highest BCUT2D eigenvalue weighted by molar-refractivity contribution is 7.93. The summed E-state index contributed by atoms with van der Waals surface area (Å²) in [7, 11) is -4.08. The Morgan fingerprint density at radius 1 is 1.09 bits per heavy atom. The van der Waals surface area contributed by atoms with E-state index in [1.807, 2.05) is 4.90 Å². The zero-order valence-electron chi connectivity index (χ0n) is 24.1. The number of fused-ring (bicyclic) bond motifs is 1. The molecule has 1 saturated heterocycles. The third-order valence-corrected chi connectivity index (χ3v) is 10.9. The lowest BCUT2D eigenvalue weighted by atomic mass is 10.0. The molecule has 3 aromatic rings. The molecule has 45 heavy (non-hydrogen) atoms. The number of halogens is 3. The van der Waals surface area contributed by atoms with E-state index < -0.39 is 34.1 Å². The van der Waals surface area contributed by atoms with E-state index in [2.05, 4.69) is 25.0 Å². The van der Waals surface area contributed by atoms with Crippen LogP contribution in [0.3, 0.4) is 0 Å². The summed E-state index contributed by atoms with van der Waals surface area (Å²) in [6, 6.07) is 3.89. The van der Waals surface area contributed by atoms with Crippen LogP contribution in [-0.4, -0.2) is 71.4 Å². The van der Waals surface area contributed by atoms with E-state index in [0.29, 0.717) is 27.8 Å². The topological polar surface area (TPSA) is 135 Å². The number of thiazole rings is 1. The van der Waals surface area contributed by atoms with Gasteiger partial charge < -0.3 is 15.0 Å². The van der Waals surface area contributed by atoms with Gasteiger partial charge in [0.05, 0.1) is 15.8 Å². The minimum atomic E-state index is -4.83. The highest BCUT2D eigenvalue weighted by Gasteiger charge is 2.42. The van der Waals surface area contributed by atoms with Crippen molar-refractivity contribution in [2.24, 2.45) is 0 Å². The van der Waals surface area contributed by atoms with Gasteiger partial charge in [-0.25, -0.2) is 18.4 Å². The first-order valence-corrected chi connectivity index (χ1v) is 16.6. The number of carbonyl (C=O) groups excluding carboxylic acids is 2. The molecule has 2 fully saturated rings. The largest absolute Gasteiger partial charge is 0.573 e. The number of rotatable bonds is 9. The molecule has 0 bridgehead atoms. The number of sulfonamides is 1. The van der Waals surface area contributed by atoms with Crippen LogP contribution in [-0.2, 0) is 26.2 Å². The number of Topliss-reactive ketones (excluding diaryl/α,β-unsaturated/α-hetero) is 1. The third kappa shape index (κ3) is 7.02. The minimum Gasteiger partial charge on any atom is -0.406 e. The lowest BCUT2D eigenvalue weighted by Gasteiger charge is -2.40. The number of piperazine rings is 1. The molecule has 2 aromatic heterocycles. The maximum atomic E-state index is 13.9.